The molecule has 0 aliphatic heterocycles. The summed E-state index contributed by atoms with van der Waals surface area (Å²) in [4.78, 5) is 8.30. The molecule has 0 aliphatic rings. The molecule has 0 amide bonds. The first-order valence-electron chi connectivity index (χ1n) is 5.62. The summed E-state index contributed by atoms with van der Waals surface area (Å²) in [5.74, 6) is 1.48. The van der Waals surface area contributed by atoms with Crippen LogP contribution >= 0.6 is 11.8 Å². The lowest BCUT2D eigenvalue weighted by Gasteiger charge is -2.09. The Kier molecular flexibility index (Phi) is 4.35. The number of aromatic nitrogens is 2. The SMILES string of the molecule is COc1ccc(C(=N)N)cc1CSc1ncccn1. The smallest absolute Gasteiger partial charge is 0.187 e. The number of amidine groups is 1. The van der Waals surface area contributed by atoms with E-state index in [9.17, 15) is 0 Å². The zero-order valence-corrected chi connectivity index (χ0v) is 11.3. The van der Waals surface area contributed by atoms with Crippen molar-refractivity contribution < 1.29 is 4.74 Å². The van der Waals surface area contributed by atoms with Crippen molar-refractivity contribution in [2.24, 2.45) is 5.73 Å². The van der Waals surface area contributed by atoms with Crippen LogP contribution in [0.15, 0.2) is 41.8 Å². The Balaban J connectivity index is 2.18. The molecule has 0 bridgehead atoms. The highest BCUT2D eigenvalue weighted by Crippen LogP contribution is 2.26. The number of rotatable bonds is 5. The predicted octanol–water partition coefficient (Wildman–Crippen LogP) is 2.06. The van der Waals surface area contributed by atoms with E-state index < -0.39 is 0 Å². The highest BCUT2D eigenvalue weighted by molar-refractivity contribution is 7.98. The fraction of sp³-hybridized carbons (Fsp3) is 0.154. The Morgan fingerprint density at radius 2 is 2.11 bits per heavy atom. The van der Waals surface area contributed by atoms with Crippen molar-refractivity contribution in [1.82, 2.24) is 9.97 Å². The Hall–Kier alpha value is -2.08. The molecule has 0 atom stereocenters. The van der Waals surface area contributed by atoms with Crippen molar-refractivity contribution in [1.29, 1.82) is 5.41 Å². The number of ether oxygens (including phenoxy) is 1. The molecule has 0 saturated carbocycles. The van der Waals surface area contributed by atoms with Gasteiger partial charge in [-0.3, -0.25) is 5.41 Å². The highest BCUT2D eigenvalue weighted by atomic mass is 32.2. The molecular weight excluding hydrogens is 260 g/mol. The third kappa shape index (κ3) is 3.45. The van der Waals surface area contributed by atoms with Gasteiger partial charge >= 0.3 is 0 Å². The molecule has 2 aromatic rings. The average molecular weight is 274 g/mol. The first-order chi connectivity index (χ1) is 9.20. The number of thioether (sulfide) groups is 1. The van der Waals surface area contributed by atoms with E-state index in [1.807, 2.05) is 12.1 Å². The van der Waals surface area contributed by atoms with Crippen LogP contribution in [0.2, 0.25) is 0 Å². The molecule has 0 spiro atoms. The van der Waals surface area contributed by atoms with E-state index in [0.717, 1.165) is 11.3 Å². The van der Waals surface area contributed by atoms with E-state index in [-0.39, 0.29) is 5.84 Å². The topological polar surface area (TPSA) is 84.9 Å². The molecule has 5 nitrogen and oxygen atoms in total. The number of nitrogens with one attached hydrogen (secondary N) is 1. The third-order valence-electron chi connectivity index (χ3n) is 2.49. The third-order valence-corrected chi connectivity index (χ3v) is 3.41. The van der Waals surface area contributed by atoms with E-state index in [1.165, 1.54) is 11.8 Å². The number of nitrogens with zero attached hydrogens (tertiary/aromatic N) is 2. The van der Waals surface area contributed by atoms with Crippen LogP contribution in [0.3, 0.4) is 0 Å². The Morgan fingerprint density at radius 3 is 2.74 bits per heavy atom. The zero-order chi connectivity index (χ0) is 13.7. The first kappa shape index (κ1) is 13.4. The second kappa shape index (κ2) is 6.19. The molecule has 3 N–H and O–H groups in total. The van der Waals surface area contributed by atoms with E-state index in [0.29, 0.717) is 16.5 Å². The van der Waals surface area contributed by atoms with Crippen LogP contribution < -0.4 is 10.5 Å². The van der Waals surface area contributed by atoms with Crippen LogP contribution in [0.1, 0.15) is 11.1 Å². The number of benzene rings is 1. The van der Waals surface area contributed by atoms with Gasteiger partial charge in [0, 0.05) is 29.3 Å². The fourth-order valence-electron chi connectivity index (χ4n) is 1.56. The van der Waals surface area contributed by atoms with Gasteiger partial charge in [0.05, 0.1) is 7.11 Å². The minimum absolute atomic E-state index is 0.0462. The van der Waals surface area contributed by atoms with Gasteiger partial charge in [0.1, 0.15) is 11.6 Å². The van der Waals surface area contributed by atoms with Crippen molar-refractivity contribution in [3.63, 3.8) is 0 Å². The minimum atomic E-state index is 0.0462. The minimum Gasteiger partial charge on any atom is -0.496 e. The normalized spacial score (nSPS) is 10.2. The van der Waals surface area contributed by atoms with E-state index >= 15 is 0 Å². The molecule has 19 heavy (non-hydrogen) atoms. The van der Waals surface area contributed by atoms with Crippen LogP contribution in [0.5, 0.6) is 5.75 Å². The van der Waals surface area contributed by atoms with Crippen LogP contribution in [-0.2, 0) is 5.75 Å². The van der Waals surface area contributed by atoms with Gasteiger partial charge in [0.15, 0.2) is 5.16 Å². The molecule has 1 aromatic carbocycles. The van der Waals surface area contributed by atoms with E-state index in [2.05, 4.69) is 9.97 Å². The van der Waals surface area contributed by atoms with Gasteiger partial charge in [-0.2, -0.15) is 0 Å². The van der Waals surface area contributed by atoms with E-state index in [4.69, 9.17) is 15.9 Å². The first-order valence-corrected chi connectivity index (χ1v) is 6.60. The second-order valence-corrected chi connectivity index (χ2v) is 4.70. The molecule has 0 unspecified atom stereocenters. The van der Waals surface area contributed by atoms with Crippen molar-refractivity contribution in [2.45, 2.75) is 10.9 Å². The number of nitrogen functional groups attached to an aromatic ring is 1. The fourth-order valence-corrected chi connectivity index (χ4v) is 2.34. The number of hydrogen-bond acceptors (Lipinski definition) is 5. The Morgan fingerprint density at radius 1 is 1.37 bits per heavy atom. The number of methoxy groups -OCH3 is 1. The van der Waals surface area contributed by atoms with Crippen molar-refractivity contribution in [3.8, 4) is 5.75 Å². The van der Waals surface area contributed by atoms with Gasteiger partial charge < -0.3 is 10.5 Å². The molecule has 1 aromatic heterocycles. The van der Waals surface area contributed by atoms with Gasteiger partial charge in [-0.05, 0) is 24.3 Å². The molecule has 98 valence electrons. The molecule has 2 rings (SSSR count). The number of nitrogens with two attached hydrogens (primary N) is 1. The Labute approximate surface area is 115 Å². The molecular formula is C13H14N4OS. The summed E-state index contributed by atoms with van der Waals surface area (Å²) in [6.07, 6.45) is 3.41. The van der Waals surface area contributed by atoms with Crippen LogP contribution in [0, 0.1) is 5.41 Å². The summed E-state index contributed by atoms with van der Waals surface area (Å²) in [5.41, 5.74) is 7.14. The van der Waals surface area contributed by atoms with Crippen molar-refractivity contribution in [2.75, 3.05) is 7.11 Å². The zero-order valence-electron chi connectivity index (χ0n) is 10.5. The van der Waals surface area contributed by atoms with Crippen LogP contribution in [0.25, 0.3) is 0 Å². The maximum absolute atomic E-state index is 7.46. The van der Waals surface area contributed by atoms with Gasteiger partial charge in [0.25, 0.3) is 0 Å². The summed E-state index contributed by atoms with van der Waals surface area (Å²) in [7, 11) is 1.62. The lowest BCUT2D eigenvalue weighted by atomic mass is 10.1. The molecule has 0 radical (unpaired) electrons. The lowest BCUT2D eigenvalue weighted by molar-refractivity contribution is 0.411. The van der Waals surface area contributed by atoms with E-state index in [1.54, 1.807) is 31.6 Å². The average Bonchev–Trinajstić information content (AvgIpc) is 2.45. The second-order valence-electron chi connectivity index (χ2n) is 3.76. The molecule has 6 heteroatoms. The maximum Gasteiger partial charge on any atom is 0.187 e. The van der Waals surface area contributed by atoms with Gasteiger partial charge in [0.2, 0.25) is 0 Å². The standard InChI is InChI=1S/C13H14N4OS/c1-18-11-4-3-9(12(14)15)7-10(11)8-19-13-16-5-2-6-17-13/h2-7H,8H2,1H3,(H3,14,15). The molecule has 0 saturated heterocycles. The summed E-state index contributed by atoms with van der Waals surface area (Å²) in [6.45, 7) is 0. The summed E-state index contributed by atoms with van der Waals surface area (Å²) >= 11 is 1.51. The van der Waals surface area contributed by atoms with Gasteiger partial charge in [-0.25, -0.2) is 9.97 Å². The van der Waals surface area contributed by atoms with Crippen molar-refractivity contribution >= 4 is 17.6 Å². The monoisotopic (exact) mass is 274 g/mol. The quantitative estimate of drug-likeness (QED) is 0.377. The maximum atomic E-state index is 7.46. The largest absolute Gasteiger partial charge is 0.496 e. The van der Waals surface area contributed by atoms with Crippen molar-refractivity contribution in [3.05, 3.63) is 47.8 Å². The Bertz CT molecular complexity index is 574. The predicted molar refractivity (Wildman–Crippen MR) is 75.6 cm³/mol. The van der Waals surface area contributed by atoms with Crippen LogP contribution in [-0.4, -0.2) is 22.9 Å². The molecule has 0 fully saturated rings. The van der Waals surface area contributed by atoms with Gasteiger partial charge in [-0.15, -0.1) is 0 Å². The van der Waals surface area contributed by atoms with Gasteiger partial charge in [-0.1, -0.05) is 11.8 Å². The summed E-state index contributed by atoms with van der Waals surface area (Å²) in [5, 5.41) is 8.17. The lowest BCUT2D eigenvalue weighted by Crippen LogP contribution is -2.11. The molecule has 0 aliphatic carbocycles. The van der Waals surface area contributed by atoms with Crippen LogP contribution in [0.4, 0.5) is 0 Å². The summed E-state index contributed by atoms with van der Waals surface area (Å²) in [6, 6.07) is 7.23. The molecule has 1 heterocycles. The number of hydrogen-bond donors (Lipinski definition) is 2. The summed E-state index contributed by atoms with van der Waals surface area (Å²) < 4.78 is 5.30. The highest BCUT2D eigenvalue weighted by Gasteiger charge is 2.07.